The van der Waals surface area contributed by atoms with Gasteiger partial charge in [0.2, 0.25) is 0 Å². The van der Waals surface area contributed by atoms with Gasteiger partial charge < -0.3 is 19.2 Å². The number of nitrogens with one attached hydrogen (secondary N) is 1. The summed E-state index contributed by atoms with van der Waals surface area (Å²) in [4.78, 5) is 28.6. The smallest absolute Gasteiger partial charge is 0.350 e. The molecule has 0 bridgehead atoms. The summed E-state index contributed by atoms with van der Waals surface area (Å²) in [5.41, 5.74) is 2.86. The lowest BCUT2D eigenvalue weighted by molar-refractivity contribution is -0.222. The second-order valence-electron chi connectivity index (χ2n) is 6.70. The Labute approximate surface area is 165 Å². The van der Waals surface area contributed by atoms with Crippen molar-refractivity contribution in [3.8, 4) is 11.3 Å². The third-order valence-corrected chi connectivity index (χ3v) is 4.30. The Kier molecular flexibility index (Phi) is 4.31. The van der Waals surface area contributed by atoms with E-state index in [0.717, 1.165) is 16.9 Å². The van der Waals surface area contributed by atoms with Crippen molar-refractivity contribution in [2.24, 2.45) is 0 Å². The number of rotatable bonds is 3. The molecule has 3 aromatic rings. The fourth-order valence-electron chi connectivity index (χ4n) is 2.81. The van der Waals surface area contributed by atoms with Gasteiger partial charge in [-0.15, -0.1) is 0 Å². The Morgan fingerprint density at radius 2 is 1.86 bits per heavy atom. The number of fused-ring (bicyclic) bond motifs is 1. The number of hydrogen-bond acceptors (Lipinski definition) is 6. The van der Waals surface area contributed by atoms with E-state index in [4.69, 9.17) is 21.1 Å². The van der Waals surface area contributed by atoms with Crippen LogP contribution in [0.1, 0.15) is 13.8 Å². The second-order valence-corrected chi connectivity index (χ2v) is 7.14. The molecule has 1 aliphatic rings. The quantitative estimate of drug-likeness (QED) is 0.411. The lowest BCUT2D eigenvalue weighted by atomic mass is 10.1. The zero-order chi connectivity index (χ0) is 19.9. The van der Waals surface area contributed by atoms with Gasteiger partial charge in [0.1, 0.15) is 5.65 Å². The van der Waals surface area contributed by atoms with Crippen LogP contribution >= 0.6 is 11.6 Å². The zero-order valence-electron chi connectivity index (χ0n) is 15.1. The number of pyridine rings is 1. The summed E-state index contributed by atoms with van der Waals surface area (Å²) in [6, 6.07) is 11.0. The molecule has 0 saturated carbocycles. The van der Waals surface area contributed by atoms with Crippen LogP contribution < -0.4 is 5.32 Å². The van der Waals surface area contributed by atoms with Crippen LogP contribution in [0.25, 0.3) is 16.9 Å². The van der Waals surface area contributed by atoms with E-state index in [1.807, 2.05) is 34.9 Å². The summed E-state index contributed by atoms with van der Waals surface area (Å²) in [5.74, 6) is -2.73. The molecular formula is C20H16ClN3O4. The summed E-state index contributed by atoms with van der Waals surface area (Å²) in [7, 11) is 0. The molecule has 7 nitrogen and oxygen atoms in total. The molecule has 28 heavy (non-hydrogen) atoms. The average molecular weight is 398 g/mol. The van der Waals surface area contributed by atoms with Gasteiger partial charge in [-0.2, -0.15) is 0 Å². The van der Waals surface area contributed by atoms with Crippen molar-refractivity contribution in [1.29, 1.82) is 0 Å². The molecule has 3 heterocycles. The van der Waals surface area contributed by atoms with Crippen molar-refractivity contribution in [2.45, 2.75) is 19.6 Å². The summed E-state index contributed by atoms with van der Waals surface area (Å²) in [6.07, 6.45) is 4.93. The first-order chi connectivity index (χ1) is 13.3. The van der Waals surface area contributed by atoms with Crippen molar-refractivity contribution in [3.63, 3.8) is 0 Å². The first-order valence-corrected chi connectivity index (χ1v) is 8.87. The third-order valence-electron chi connectivity index (χ3n) is 4.07. The minimum absolute atomic E-state index is 0.202. The maximum absolute atomic E-state index is 12.0. The number of hydrogen-bond donors (Lipinski definition) is 1. The summed E-state index contributed by atoms with van der Waals surface area (Å²) >= 11 is 6.01. The lowest BCUT2D eigenvalue weighted by Crippen LogP contribution is -2.42. The number of benzene rings is 1. The van der Waals surface area contributed by atoms with E-state index in [9.17, 15) is 9.59 Å². The Morgan fingerprint density at radius 1 is 1.11 bits per heavy atom. The Balaban J connectivity index is 1.59. The fraction of sp³-hybridized carbons (Fsp3) is 0.150. The minimum atomic E-state index is -1.27. The van der Waals surface area contributed by atoms with E-state index in [-0.39, 0.29) is 5.57 Å². The molecule has 0 unspecified atom stereocenters. The minimum Gasteiger partial charge on any atom is -0.419 e. The number of carbonyl (C=O) groups is 2. The molecule has 4 rings (SSSR count). The molecule has 1 aromatic carbocycles. The molecule has 0 atom stereocenters. The molecule has 8 heteroatoms. The van der Waals surface area contributed by atoms with Gasteiger partial charge in [0, 0.05) is 43.7 Å². The van der Waals surface area contributed by atoms with Crippen LogP contribution in [-0.2, 0) is 19.1 Å². The number of nitrogens with zero attached hydrogens (tertiary/aromatic N) is 2. The molecule has 1 fully saturated rings. The summed E-state index contributed by atoms with van der Waals surface area (Å²) < 4.78 is 12.0. The summed E-state index contributed by atoms with van der Waals surface area (Å²) in [5, 5.41) is 3.55. The summed E-state index contributed by atoms with van der Waals surface area (Å²) in [6.45, 7) is 3.00. The van der Waals surface area contributed by atoms with Gasteiger partial charge in [0.05, 0.1) is 10.7 Å². The first kappa shape index (κ1) is 18.1. The van der Waals surface area contributed by atoms with Crippen molar-refractivity contribution < 1.29 is 19.1 Å². The molecule has 1 N–H and O–H groups in total. The van der Waals surface area contributed by atoms with Crippen LogP contribution in [0.15, 0.2) is 60.6 Å². The topological polar surface area (TPSA) is 81.9 Å². The molecule has 2 aromatic heterocycles. The van der Waals surface area contributed by atoms with Crippen LogP contribution in [0.3, 0.4) is 0 Å². The van der Waals surface area contributed by atoms with Crippen molar-refractivity contribution >= 4 is 34.9 Å². The number of carbonyl (C=O) groups excluding carboxylic acids is 2. The number of esters is 2. The van der Waals surface area contributed by atoms with E-state index in [2.05, 4.69) is 10.3 Å². The monoisotopic (exact) mass is 397 g/mol. The largest absolute Gasteiger partial charge is 0.419 e. The number of halogens is 1. The van der Waals surface area contributed by atoms with Gasteiger partial charge in [-0.3, -0.25) is 0 Å². The second kappa shape index (κ2) is 6.69. The van der Waals surface area contributed by atoms with E-state index >= 15 is 0 Å². The van der Waals surface area contributed by atoms with Crippen molar-refractivity contribution in [3.05, 3.63) is 65.6 Å². The number of anilines is 1. The highest BCUT2D eigenvalue weighted by Crippen LogP contribution is 2.25. The number of cyclic esters (lactones) is 2. The molecule has 142 valence electrons. The molecule has 0 spiro atoms. The zero-order valence-corrected chi connectivity index (χ0v) is 15.9. The predicted octanol–water partition coefficient (Wildman–Crippen LogP) is 3.79. The predicted molar refractivity (Wildman–Crippen MR) is 104 cm³/mol. The first-order valence-electron chi connectivity index (χ1n) is 8.49. The number of imidazole rings is 1. The van der Waals surface area contributed by atoms with Crippen LogP contribution in [0, 0.1) is 0 Å². The van der Waals surface area contributed by atoms with E-state index in [1.165, 1.54) is 20.0 Å². The van der Waals surface area contributed by atoms with E-state index < -0.39 is 17.7 Å². The highest BCUT2D eigenvalue weighted by Gasteiger charge is 2.38. The highest BCUT2D eigenvalue weighted by molar-refractivity contribution is 6.30. The number of aromatic nitrogens is 2. The van der Waals surface area contributed by atoms with Crippen LogP contribution in [0.2, 0.25) is 5.02 Å². The SMILES string of the molecule is CC1(C)OC(=O)C(=CNc2cccc(-c3cn4cc(Cl)ccc4n3)c2)C(=O)O1. The van der Waals surface area contributed by atoms with Crippen LogP contribution in [-0.4, -0.2) is 27.1 Å². The maximum Gasteiger partial charge on any atom is 0.350 e. The standard InChI is InChI=1S/C20H16ClN3O4/c1-20(2)27-18(25)15(19(26)28-20)9-22-14-5-3-4-12(8-14)16-11-24-10-13(21)6-7-17(24)23-16/h3-11,22H,1-2H3. The van der Waals surface area contributed by atoms with E-state index in [0.29, 0.717) is 10.7 Å². The molecule has 1 saturated heterocycles. The normalized spacial score (nSPS) is 15.9. The highest BCUT2D eigenvalue weighted by atomic mass is 35.5. The maximum atomic E-state index is 12.0. The van der Waals surface area contributed by atoms with Gasteiger partial charge in [-0.1, -0.05) is 23.7 Å². The lowest BCUT2D eigenvalue weighted by Gasteiger charge is -2.29. The van der Waals surface area contributed by atoms with Gasteiger partial charge >= 0.3 is 11.9 Å². The van der Waals surface area contributed by atoms with Crippen molar-refractivity contribution in [1.82, 2.24) is 9.38 Å². The van der Waals surface area contributed by atoms with Crippen LogP contribution in [0.5, 0.6) is 0 Å². The molecule has 0 amide bonds. The van der Waals surface area contributed by atoms with Gasteiger partial charge in [0.25, 0.3) is 5.79 Å². The van der Waals surface area contributed by atoms with Crippen molar-refractivity contribution in [2.75, 3.05) is 5.32 Å². The molecular weight excluding hydrogens is 382 g/mol. The number of ether oxygens (including phenoxy) is 2. The van der Waals surface area contributed by atoms with Gasteiger partial charge in [-0.25, -0.2) is 14.6 Å². The van der Waals surface area contributed by atoms with Gasteiger partial charge in [-0.05, 0) is 24.3 Å². The average Bonchev–Trinajstić information content (AvgIpc) is 3.03. The Morgan fingerprint density at radius 3 is 2.61 bits per heavy atom. The van der Waals surface area contributed by atoms with Crippen LogP contribution in [0.4, 0.5) is 5.69 Å². The van der Waals surface area contributed by atoms with Gasteiger partial charge in [0.15, 0.2) is 5.57 Å². The van der Waals surface area contributed by atoms with E-state index in [1.54, 1.807) is 18.3 Å². The molecule has 1 aliphatic heterocycles. The Hall–Kier alpha value is -3.32. The molecule has 0 aliphatic carbocycles. The fourth-order valence-corrected chi connectivity index (χ4v) is 2.97. The Bertz CT molecular complexity index is 1110. The third kappa shape index (κ3) is 3.57. The molecule has 0 radical (unpaired) electrons.